The first kappa shape index (κ1) is 20.5. The molecule has 1 aliphatic carbocycles. The van der Waals surface area contributed by atoms with Crippen LogP contribution in [0.4, 0.5) is 17.6 Å². The van der Waals surface area contributed by atoms with Crippen LogP contribution in [0.25, 0.3) is 0 Å². The Labute approximate surface area is 186 Å². The van der Waals surface area contributed by atoms with Crippen LogP contribution >= 0.6 is 0 Å². The van der Waals surface area contributed by atoms with Crippen LogP contribution in [0.15, 0.2) is 22.9 Å². The molecule has 0 unspecified atom stereocenters. The highest BCUT2D eigenvalue weighted by Gasteiger charge is 2.34. The Kier molecular flexibility index (Phi) is 5.50. The minimum atomic E-state index is -0.310. The van der Waals surface area contributed by atoms with Crippen molar-refractivity contribution in [1.29, 1.82) is 0 Å². The van der Waals surface area contributed by atoms with Gasteiger partial charge < -0.3 is 20.0 Å². The number of carbonyl (C=O) groups is 1. The van der Waals surface area contributed by atoms with Crippen molar-refractivity contribution in [3.63, 3.8) is 0 Å². The topological polar surface area (TPSA) is 125 Å². The molecule has 1 amide bonds. The van der Waals surface area contributed by atoms with E-state index in [1.165, 1.54) is 6.26 Å². The second kappa shape index (κ2) is 8.60. The van der Waals surface area contributed by atoms with Gasteiger partial charge in [0.15, 0.2) is 5.82 Å². The molecule has 2 aliphatic rings. The first-order chi connectivity index (χ1) is 15.6. The molecule has 0 radical (unpaired) electrons. The number of rotatable bonds is 7. The third-order valence-electron chi connectivity index (χ3n) is 6.10. The molecule has 1 fully saturated rings. The summed E-state index contributed by atoms with van der Waals surface area (Å²) in [5, 5.41) is 13.8. The summed E-state index contributed by atoms with van der Waals surface area (Å²) in [5.41, 5.74) is 3.27. The lowest BCUT2D eigenvalue weighted by molar-refractivity contribution is -0.122. The molecular formula is C22H28N8O2. The van der Waals surface area contributed by atoms with Gasteiger partial charge in [-0.2, -0.15) is 10.1 Å². The molecule has 5 rings (SSSR count). The van der Waals surface area contributed by atoms with Crippen LogP contribution in [-0.4, -0.2) is 43.6 Å². The highest BCUT2D eigenvalue weighted by Crippen LogP contribution is 2.32. The van der Waals surface area contributed by atoms with E-state index in [4.69, 9.17) is 14.4 Å². The first-order valence-electron chi connectivity index (χ1n) is 11.2. The molecule has 10 heteroatoms. The lowest BCUT2D eigenvalue weighted by atomic mass is 10.1. The maximum Gasteiger partial charge on any atom is 0.243 e. The molecule has 3 aromatic heterocycles. The van der Waals surface area contributed by atoms with Crippen molar-refractivity contribution in [3.05, 3.63) is 41.4 Å². The van der Waals surface area contributed by atoms with Crippen molar-refractivity contribution < 1.29 is 9.21 Å². The monoisotopic (exact) mass is 436 g/mol. The van der Waals surface area contributed by atoms with Crippen molar-refractivity contribution >= 4 is 23.5 Å². The molecule has 1 aliphatic heterocycles. The Hall–Kier alpha value is -3.43. The number of hydrogen-bond acceptors (Lipinski definition) is 8. The van der Waals surface area contributed by atoms with E-state index in [1.807, 2.05) is 11.0 Å². The SMILES string of the molecule is CC(C)c1cc(Nc2nc(N3CCC[C@H]3C(=O)NCc3ncco3)nc3c2CCC3)n[nH]1. The zero-order chi connectivity index (χ0) is 22.1. The number of hydrogen-bond donors (Lipinski definition) is 3. The van der Waals surface area contributed by atoms with Gasteiger partial charge in [-0.3, -0.25) is 9.89 Å². The Morgan fingerprint density at radius 1 is 1.31 bits per heavy atom. The first-order valence-corrected chi connectivity index (χ1v) is 11.2. The standard InChI is InChI=1S/C22H28N8O2/c1-13(2)16-11-18(29-28-16)26-20-14-5-3-6-15(14)25-22(27-20)30-9-4-7-17(30)21(31)24-12-19-23-8-10-32-19/h8,10-11,13,17H,3-7,9,12H2,1-2H3,(H,24,31)(H2,25,26,27,28,29)/t17-/m0/s1. The molecule has 0 bridgehead atoms. The summed E-state index contributed by atoms with van der Waals surface area (Å²) in [4.78, 5) is 28.7. The number of amides is 1. The molecule has 3 N–H and O–H groups in total. The lowest BCUT2D eigenvalue weighted by Gasteiger charge is -2.25. The molecule has 0 spiro atoms. The summed E-state index contributed by atoms with van der Waals surface area (Å²) in [6.45, 7) is 5.26. The van der Waals surface area contributed by atoms with Crippen LogP contribution in [0.2, 0.25) is 0 Å². The van der Waals surface area contributed by atoms with Gasteiger partial charge in [0.2, 0.25) is 17.7 Å². The number of carbonyl (C=O) groups excluding carboxylic acids is 1. The summed E-state index contributed by atoms with van der Waals surface area (Å²) in [6, 6.07) is 1.71. The maximum atomic E-state index is 12.9. The van der Waals surface area contributed by atoms with Crippen LogP contribution < -0.4 is 15.5 Å². The Morgan fingerprint density at radius 2 is 2.22 bits per heavy atom. The van der Waals surface area contributed by atoms with Crippen LogP contribution in [0.1, 0.15) is 61.9 Å². The normalized spacial score (nSPS) is 17.7. The average Bonchev–Trinajstić information content (AvgIpc) is 3.58. The minimum Gasteiger partial charge on any atom is -0.447 e. The van der Waals surface area contributed by atoms with Crippen molar-refractivity contribution in [2.24, 2.45) is 0 Å². The Morgan fingerprint density at radius 3 is 3.00 bits per heavy atom. The van der Waals surface area contributed by atoms with Crippen LogP contribution in [0.3, 0.4) is 0 Å². The highest BCUT2D eigenvalue weighted by molar-refractivity contribution is 5.85. The average molecular weight is 437 g/mol. The van der Waals surface area contributed by atoms with Gasteiger partial charge in [-0.05, 0) is 38.0 Å². The molecular weight excluding hydrogens is 408 g/mol. The fourth-order valence-electron chi connectivity index (χ4n) is 4.37. The van der Waals surface area contributed by atoms with Crippen molar-refractivity contribution in [1.82, 2.24) is 30.5 Å². The van der Waals surface area contributed by atoms with Gasteiger partial charge in [-0.25, -0.2) is 9.97 Å². The van der Waals surface area contributed by atoms with Gasteiger partial charge in [0, 0.05) is 23.9 Å². The van der Waals surface area contributed by atoms with E-state index in [2.05, 4.69) is 39.7 Å². The molecule has 168 valence electrons. The molecule has 0 saturated carbocycles. The molecule has 10 nitrogen and oxygen atoms in total. The zero-order valence-electron chi connectivity index (χ0n) is 18.4. The number of nitrogens with one attached hydrogen (secondary N) is 3. The number of aryl methyl sites for hydroxylation is 1. The molecule has 0 aromatic carbocycles. The van der Waals surface area contributed by atoms with Crippen LogP contribution in [-0.2, 0) is 24.2 Å². The second-order valence-electron chi connectivity index (χ2n) is 8.63. The smallest absolute Gasteiger partial charge is 0.243 e. The van der Waals surface area contributed by atoms with E-state index in [0.717, 1.165) is 67.2 Å². The third-order valence-corrected chi connectivity index (χ3v) is 6.10. The summed E-state index contributed by atoms with van der Waals surface area (Å²) in [7, 11) is 0. The van der Waals surface area contributed by atoms with E-state index in [-0.39, 0.29) is 18.5 Å². The van der Waals surface area contributed by atoms with Gasteiger partial charge in [-0.15, -0.1) is 0 Å². The van der Waals surface area contributed by atoms with Crippen molar-refractivity contribution in [2.45, 2.75) is 64.5 Å². The summed E-state index contributed by atoms with van der Waals surface area (Å²) in [5.74, 6) is 2.92. The third kappa shape index (κ3) is 4.04. The summed E-state index contributed by atoms with van der Waals surface area (Å²) in [6.07, 6.45) is 7.67. The molecule has 4 heterocycles. The molecule has 1 saturated heterocycles. The van der Waals surface area contributed by atoms with E-state index in [1.54, 1.807) is 6.20 Å². The highest BCUT2D eigenvalue weighted by atomic mass is 16.3. The minimum absolute atomic E-state index is 0.0619. The van der Waals surface area contributed by atoms with E-state index in [9.17, 15) is 4.79 Å². The van der Waals surface area contributed by atoms with Gasteiger partial charge in [0.25, 0.3) is 0 Å². The molecule has 32 heavy (non-hydrogen) atoms. The number of oxazole rings is 1. The number of nitrogens with zero attached hydrogens (tertiary/aromatic N) is 5. The fourth-order valence-corrected chi connectivity index (χ4v) is 4.37. The molecule has 3 aromatic rings. The van der Waals surface area contributed by atoms with Gasteiger partial charge >= 0.3 is 0 Å². The second-order valence-corrected chi connectivity index (χ2v) is 8.63. The number of aromatic nitrogens is 5. The Balaban J connectivity index is 1.37. The predicted octanol–water partition coefficient (Wildman–Crippen LogP) is 2.83. The van der Waals surface area contributed by atoms with E-state index < -0.39 is 0 Å². The fraction of sp³-hybridized carbons (Fsp3) is 0.500. The number of aromatic amines is 1. The lowest BCUT2D eigenvalue weighted by Crippen LogP contribution is -2.44. The summed E-state index contributed by atoms with van der Waals surface area (Å²) < 4.78 is 5.22. The van der Waals surface area contributed by atoms with E-state index >= 15 is 0 Å². The van der Waals surface area contributed by atoms with E-state index in [0.29, 0.717) is 17.8 Å². The Bertz CT molecular complexity index is 1090. The van der Waals surface area contributed by atoms with Gasteiger partial charge in [0.1, 0.15) is 18.1 Å². The summed E-state index contributed by atoms with van der Waals surface area (Å²) >= 11 is 0. The largest absolute Gasteiger partial charge is 0.447 e. The quantitative estimate of drug-likeness (QED) is 0.516. The zero-order valence-corrected chi connectivity index (χ0v) is 18.4. The van der Waals surface area contributed by atoms with Crippen LogP contribution in [0, 0.1) is 0 Å². The van der Waals surface area contributed by atoms with Crippen molar-refractivity contribution in [2.75, 3.05) is 16.8 Å². The van der Waals surface area contributed by atoms with Crippen LogP contribution in [0.5, 0.6) is 0 Å². The van der Waals surface area contributed by atoms with Crippen molar-refractivity contribution in [3.8, 4) is 0 Å². The van der Waals surface area contributed by atoms with Gasteiger partial charge in [-0.1, -0.05) is 13.8 Å². The molecule has 1 atom stereocenters. The number of H-pyrrole nitrogens is 1. The maximum absolute atomic E-state index is 12.9. The number of fused-ring (bicyclic) bond motifs is 1. The number of anilines is 3. The predicted molar refractivity (Wildman–Crippen MR) is 119 cm³/mol. The van der Waals surface area contributed by atoms with Gasteiger partial charge in [0.05, 0.1) is 18.4 Å².